The Morgan fingerprint density at radius 2 is 2.10 bits per heavy atom. The second-order valence-corrected chi connectivity index (χ2v) is 2.70. The van der Waals surface area contributed by atoms with Gasteiger partial charge in [0.2, 0.25) is 0 Å². The van der Waals surface area contributed by atoms with Crippen molar-refractivity contribution >= 4 is 0 Å². The molecule has 0 bridgehead atoms. The van der Waals surface area contributed by atoms with E-state index in [0.29, 0.717) is 18.9 Å². The summed E-state index contributed by atoms with van der Waals surface area (Å²) in [6.07, 6.45) is 1.60. The van der Waals surface area contributed by atoms with Crippen LogP contribution >= 0.6 is 0 Å². The van der Waals surface area contributed by atoms with Crippen LogP contribution in [-0.2, 0) is 4.74 Å². The van der Waals surface area contributed by atoms with Crippen LogP contribution in [-0.4, -0.2) is 13.2 Å². The molecule has 0 radical (unpaired) electrons. The Morgan fingerprint density at radius 3 is 2.60 bits per heavy atom. The minimum absolute atomic E-state index is 0.512. The summed E-state index contributed by atoms with van der Waals surface area (Å²) >= 11 is 0. The second kappa shape index (κ2) is 6.57. The van der Waals surface area contributed by atoms with Crippen LogP contribution in [0.15, 0.2) is 0 Å². The Morgan fingerprint density at radius 1 is 1.40 bits per heavy atom. The molecule has 0 atom stereocenters. The average Bonchev–Trinajstić information content (AvgIpc) is 1.87. The average molecular weight is 141 g/mol. The van der Waals surface area contributed by atoms with Crippen molar-refractivity contribution in [2.24, 2.45) is 5.92 Å². The molecule has 0 heterocycles. The van der Waals surface area contributed by atoms with E-state index in [1.165, 1.54) is 0 Å². The summed E-state index contributed by atoms with van der Waals surface area (Å²) in [6.45, 7) is 5.70. The maximum Gasteiger partial charge on any atom is 0.0645 e. The quantitative estimate of drug-likeness (QED) is 0.548. The van der Waals surface area contributed by atoms with Crippen molar-refractivity contribution in [1.29, 1.82) is 5.26 Å². The van der Waals surface area contributed by atoms with Gasteiger partial charge in [0.1, 0.15) is 0 Å². The van der Waals surface area contributed by atoms with Gasteiger partial charge in [0.25, 0.3) is 0 Å². The van der Waals surface area contributed by atoms with E-state index < -0.39 is 0 Å². The van der Waals surface area contributed by atoms with E-state index in [-0.39, 0.29) is 0 Å². The minimum Gasteiger partial charge on any atom is -0.380 e. The van der Waals surface area contributed by atoms with Gasteiger partial charge in [-0.25, -0.2) is 0 Å². The molecule has 10 heavy (non-hydrogen) atoms. The number of nitriles is 1. The molecule has 58 valence electrons. The van der Waals surface area contributed by atoms with Gasteiger partial charge in [-0.3, -0.25) is 0 Å². The number of rotatable bonds is 5. The molecule has 0 amide bonds. The highest BCUT2D eigenvalue weighted by molar-refractivity contribution is 4.66. The minimum atomic E-state index is 0.512. The number of hydrogen-bond acceptors (Lipinski definition) is 2. The Kier molecular flexibility index (Phi) is 6.21. The Bertz CT molecular complexity index is 104. The van der Waals surface area contributed by atoms with Crippen LogP contribution in [0.25, 0.3) is 0 Å². The van der Waals surface area contributed by atoms with Gasteiger partial charge in [-0.05, 0) is 12.3 Å². The lowest BCUT2D eigenvalue weighted by molar-refractivity contribution is 0.128. The summed E-state index contributed by atoms with van der Waals surface area (Å²) in [5, 5.41) is 8.14. The lowest BCUT2D eigenvalue weighted by atomic mass is 10.1. The fourth-order valence-electron chi connectivity index (χ4n) is 0.539. The van der Waals surface area contributed by atoms with E-state index in [4.69, 9.17) is 10.00 Å². The zero-order valence-corrected chi connectivity index (χ0v) is 6.76. The van der Waals surface area contributed by atoms with Crippen LogP contribution in [0.1, 0.15) is 26.7 Å². The molecule has 0 rings (SSSR count). The fraction of sp³-hybridized carbons (Fsp3) is 0.875. The third-order valence-corrected chi connectivity index (χ3v) is 1.20. The number of hydrogen-bond donors (Lipinski definition) is 0. The summed E-state index contributed by atoms with van der Waals surface area (Å²) in [6, 6.07) is 2.03. The standard InChI is InChI=1S/C8H15NO/c1-8(2)4-7-10-6-3-5-9/h8H,3-4,6-7H2,1-2H3. The third-order valence-electron chi connectivity index (χ3n) is 1.20. The Labute approximate surface area is 62.8 Å². The predicted octanol–water partition coefficient (Wildman–Crippen LogP) is 1.96. The van der Waals surface area contributed by atoms with Crippen molar-refractivity contribution in [3.63, 3.8) is 0 Å². The molecule has 0 N–H and O–H groups in total. The first kappa shape index (κ1) is 9.45. The highest BCUT2D eigenvalue weighted by Crippen LogP contribution is 1.98. The molecule has 0 aromatic heterocycles. The molecule has 0 saturated carbocycles. The molecule has 0 aliphatic heterocycles. The highest BCUT2D eigenvalue weighted by Gasteiger charge is 1.92. The van der Waals surface area contributed by atoms with E-state index in [0.717, 1.165) is 13.0 Å². The monoisotopic (exact) mass is 141 g/mol. The topological polar surface area (TPSA) is 33.0 Å². The van der Waals surface area contributed by atoms with Crippen molar-refractivity contribution in [2.45, 2.75) is 26.7 Å². The summed E-state index contributed by atoms with van der Waals surface area (Å²) in [5.41, 5.74) is 0. The van der Waals surface area contributed by atoms with Crippen molar-refractivity contribution in [3.8, 4) is 6.07 Å². The molecule has 0 aliphatic rings. The summed E-state index contributed by atoms with van der Waals surface area (Å²) in [5.74, 6) is 0.696. The molecule has 0 aromatic carbocycles. The SMILES string of the molecule is CC(C)CCOCCC#N. The third kappa shape index (κ3) is 7.45. The molecule has 0 fully saturated rings. The second-order valence-electron chi connectivity index (χ2n) is 2.70. The molecule has 0 saturated heterocycles. The van der Waals surface area contributed by atoms with E-state index in [1.54, 1.807) is 0 Å². The van der Waals surface area contributed by atoms with Crippen molar-refractivity contribution in [3.05, 3.63) is 0 Å². The number of nitrogens with zero attached hydrogens (tertiary/aromatic N) is 1. The lowest BCUT2D eigenvalue weighted by Gasteiger charge is -2.03. The summed E-state index contributed by atoms with van der Waals surface area (Å²) < 4.78 is 5.16. The smallest absolute Gasteiger partial charge is 0.0645 e. The Balaban J connectivity index is 2.86. The predicted molar refractivity (Wildman–Crippen MR) is 40.5 cm³/mol. The molecule has 0 aromatic rings. The van der Waals surface area contributed by atoms with Gasteiger partial charge in [0, 0.05) is 6.61 Å². The van der Waals surface area contributed by atoms with Crippen molar-refractivity contribution in [1.82, 2.24) is 0 Å². The van der Waals surface area contributed by atoms with Gasteiger partial charge in [-0.15, -0.1) is 0 Å². The highest BCUT2D eigenvalue weighted by atomic mass is 16.5. The first-order valence-electron chi connectivity index (χ1n) is 3.72. The lowest BCUT2D eigenvalue weighted by Crippen LogP contribution is -1.99. The number of ether oxygens (including phenoxy) is 1. The molecule has 0 aliphatic carbocycles. The van der Waals surface area contributed by atoms with E-state index in [2.05, 4.69) is 13.8 Å². The largest absolute Gasteiger partial charge is 0.380 e. The molecule has 2 heteroatoms. The maximum atomic E-state index is 8.14. The van der Waals surface area contributed by atoms with Crippen LogP contribution in [0.5, 0.6) is 0 Å². The van der Waals surface area contributed by atoms with Crippen molar-refractivity contribution in [2.75, 3.05) is 13.2 Å². The van der Waals surface area contributed by atoms with Crippen LogP contribution < -0.4 is 0 Å². The Hall–Kier alpha value is -0.550. The zero-order valence-electron chi connectivity index (χ0n) is 6.76. The van der Waals surface area contributed by atoms with Gasteiger partial charge < -0.3 is 4.74 Å². The van der Waals surface area contributed by atoms with Crippen LogP contribution in [0.3, 0.4) is 0 Å². The van der Waals surface area contributed by atoms with Crippen molar-refractivity contribution < 1.29 is 4.74 Å². The van der Waals surface area contributed by atoms with Gasteiger partial charge in [0.05, 0.1) is 19.1 Å². The molecular weight excluding hydrogens is 126 g/mol. The molecule has 0 unspecified atom stereocenters. The first-order chi connectivity index (χ1) is 4.77. The molecule has 2 nitrogen and oxygen atoms in total. The normalized spacial score (nSPS) is 9.80. The maximum absolute atomic E-state index is 8.14. The van der Waals surface area contributed by atoms with Gasteiger partial charge in [0.15, 0.2) is 0 Å². The summed E-state index contributed by atoms with van der Waals surface area (Å²) in [7, 11) is 0. The zero-order chi connectivity index (χ0) is 7.82. The molecular formula is C8H15NO. The molecule has 0 spiro atoms. The van der Waals surface area contributed by atoms with Crippen LogP contribution in [0.2, 0.25) is 0 Å². The van der Waals surface area contributed by atoms with Crippen LogP contribution in [0, 0.1) is 17.2 Å². The van der Waals surface area contributed by atoms with E-state index in [1.807, 2.05) is 6.07 Å². The van der Waals surface area contributed by atoms with Gasteiger partial charge in [-0.2, -0.15) is 5.26 Å². The fourth-order valence-corrected chi connectivity index (χ4v) is 0.539. The first-order valence-corrected chi connectivity index (χ1v) is 3.72. The van der Waals surface area contributed by atoms with Gasteiger partial charge in [-0.1, -0.05) is 13.8 Å². The van der Waals surface area contributed by atoms with E-state index >= 15 is 0 Å². The van der Waals surface area contributed by atoms with Crippen LogP contribution in [0.4, 0.5) is 0 Å². The van der Waals surface area contributed by atoms with Gasteiger partial charge >= 0.3 is 0 Å². The van der Waals surface area contributed by atoms with E-state index in [9.17, 15) is 0 Å². The summed E-state index contributed by atoms with van der Waals surface area (Å²) in [4.78, 5) is 0.